The molecule has 1 N–H and O–H groups in total. The van der Waals surface area contributed by atoms with E-state index >= 15 is 0 Å². The highest BCUT2D eigenvalue weighted by Gasteiger charge is 2.18. The fraction of sp³-hybridized carbons (Fsp3) is 0.154. The summed E-state index contributed by atoms with van der Waals surface area (Å²) in [6.45, 7) is 2.93. The molecule has 172 valence electrons. The maximum Gasteiger partial charge on any atom is 0.336 e. The Balaban J connectivity index is 1.83. The lowest BCUT2D eigenvalue weighted by molar-refractivity contribution is -0.122. The molecule has 0 bridgehead atoms. The molecule has 0 unspecified atom stereocenters. The minimum atomic E-state index is -0.706. The van der Waals surface area contributed by atoms with Crippen molar-refractivity contribution in [2.24, 2.45) is 0 Å². The molecule has 0 aliphatic carbocycles. The van der Waals surface area contributed by atoms with Crippen LogP contribution >= 0.6 is 11.6 Å². The fourth-order valence-electron chi connectivity index (χ4n) is 3.84. The van der Waals surface area contributed by atoms with Crippen molar-refractivity contribution in [3.63, 3.8) is 0 Å². The molecule has 0 spiro atoms. The Morgan fingerprint density at radius 1 is 0.971 bits per heavy atom. The summed E-state index contributed by atoms with van der Waals surface area (Å²) < 4.78 is 2.19. The van der Waals surface area contributed by atoms with Crippen LogP contribution in [0.5, 0.6) is 0 Å². The SMILES string of the molecule is CC(=O)c1cccc(-n2c(=O)c3ccc(Cl)cc3n(CC(=O)N[C@@H](C)c3ccccc3)c2=O)c1. The van der Waals surface area contributed by atoms with E-state index in [2.05, 4.69) is 5.32 Å². The quantitative estimate of drug-likeness (QED) is 0.428. The third-order valence-electron chi connectivity index (χ3n) is 5.60. The molecule has 4 aromatic rings. The molecule has 0 saturated carbocycles. The number of rotatable bonds is 6. The first-order chi connectivity index (χ1) is 16.3. The summed E-state index contributed by atoms with van der Waals surface area (Å²) in [5.41, 5.74) is 0.508. The van der Waals surface area contributed by atoms with Crippen LogP contribution < -0.4 is 16.6 Å². The highest BCUT2D eigenvalue weighted by Crippen LogP contribution is 2.18. The van der Waals surface area contributed by atoms with Crippen LogP contribution in [0.3, 0.4) is 0 Å². The monoisotopic (exact) mass is 475 g/mol. The first-order valence-corrected chi connectivity index (χ1v) is 11.0. The Kier molecular flexibility index (Phi) is 6.47. The second-order valence-electron chi connectivity index (χ2n) is 7.98. The van der Waals surface area contributed by atoms with Crippen LogP contribution in [0.1, 0.15) is 35.8 Å². The zero-order valence-corrected chi connectivity index (χ0v) is 19.4. The van der Waals surface area contributed by atoms with Crippen LogP contribution in [0, 0.1) is 0 Å². The number of carbonyl (C=O) groups is 2. The molecule has 1 atom stereocenters. The van der Waals surface area contributed by atoms with Gasteiger partial charge in [0.2, 0.25) is 5.91 Å². The lowest BCUT2D eigenvalue weighted by atomic mass is 10.1. The van der Waals surface area contributed by atoms with Gasteiger partial charge >= 0.3 is 5.69 Å². The molecular formula is C26H22ClN3O4. The van der Waals surface area contributed by atoms with Gasteiger partial charge in [0.05, 0.1) is 22.6 Å². The highest BCUT2D eigenvalue weighted by atomic mass is 35.5. The molecule has 0 saturated heterocycles. The molecule has 1 aromatic heterocycles. The number of hydrogen-bond acceptors (Lipinski definition) is 4. The molecule has 4 rings (SSSR count). The van der Waals surface area contributed by atoms with Gasteiger partial charge in [-0.05, 0) is 49.7 Å². The van der Waals surface area contributed by atoms with Gasteiger partial charge in [0.1, 0.15) is 6.54 Å². The Bertz CT molecular complexity index is 1520. The highest BCUT2D eigenvalue weighted by molar-refractivity contribution is 6.31. The minimum absolute atomic E-state index is 0.197. The van der Waals surface area contributed by atoms with Crippen LogP contribution in [0.25, 0.3) is 16.6 Å². The number of fused-ring (bicyclic) bond motifs is 1. The van der Waals surface area contributed by atoms with Gasteiger partial charge < -0.3 is 5.32 Å². The maximum atomic E-state index is 13.5. The zero-order valence-electron chi connectivity index (χ0n) is 18.6. The van der Waals surface area contributed by atoms with Gasteiger partial charge in [-0.2, -0.15) is 0 Å². The molecule has 1 heterocycles. The number of nitrogens with one attached hydrogen (secondary N) is 1. The van der Waals surface area contributed by atoms with E-state index in [4.69, 9.17) is 11.6 Å². The Hall–Kier alpha value is -3.97. The summed E-state index contributed by atoms with van der Waals surface area (Å²) in [5, 5.41) is 3.44. The van der Waals surface area contributed by atoms with E-state index in [0.29, 0.717) is 10.6 Å². The number of Topliss-reactive ketones (excluding diaryl/α,β-unsaturated/α-hetero) is 1. The van der Waals surface area contributed by atoms with Crippen LogP contribution in [0.2, 0.25) is 5.02 Å². The largest absolute Gasteiger partial charge is 0.348 e. The summed E-state index contributed by atoms with van der Waals surface area (Å²) in [6, 6.07) is 20.0. The predicted molar refractivity (Wildman–Crippen MR) is 132 cm³/mol. The van der Waals surface area contributed by atoms with Crippen molar-refractivity contribution in [2.45, 2.75) is 26.4 Å². The van der Waals surface area contributed by atoms with Gasteiger partial charge in [-0.1, -0.05) is 54.1 Å². The molecule has 7 nitrogen and oxygen atoms in total. The molecule has 3 aromatic carbocycles. The Labute approximate surface area is 200 Å². The normalized spacial score (nSPS) is 11.9. The molecule has 0 radical (unpaired) electrons. The first-order valence-electron chi connectivity index (χ1n) is 10.7. The van der Waals surface area contributed by atoms with E-state index in [9.17, 15) is 19.2 Å². The fourth-order valence-corrected chi connectivity index (χ4v) is 4.01. The third-order valence-corrected chi connectivity index (χ3v) is 5.83. The van der Waals surface area contributed by atoms with E-state index in [1.54, 1.807) is 24.3 Å². The van der Waals surface area contributed by atoms with Crippen LogP contribution in [0.4, 0.5) is 0 Å². The van der Waals surface area contributed by atoms with E-state index in [0.717, 1.165) is 10.1 Å². The summed E-state index contributed by atoms with van der Waals surface area (Å²) >= 11 is 6.15. The van der Waals surface area contributed by atoms with Crippen LogP contribution in [-0.4, -0.2) is 20.8 Å². The van der Waals surface area contributed by atoms with Crippen LogP contribution in [-0.2, 0) is 11.3 Å². The number of halogens is 1. The number of hydrogen-bond donors (Lipinski definition) is 1. The van der Waals surface area contributed by atoms with E-state index in [1.165, 1.54) is 29.7 Å². The average molecular weight is 476 g/mol. The number of nitrogens with zero attached hydrogens (tertiary/aromatic N) is 2. The van der Waals surface area contributed by atoms with Crippen molar-refractivity contribution >= 4 is 34.2 Å². The lowest BCUT2D eigenvalue weighted by Crippen LogP contribution is -2.42. The molecular weight excluding hydrogens is 454 g/mol. The van der Waals surface area contributed by atoms with E-state index in [1.807, 2.05) is 37.3 Å². The number of amides is 1. The van der Waals surface area contributed by atoms with Crippen LogP contribution in [0.15, 0.2) is 82.4 Å². The van der Waals surface area contributed by atoms with Crippen molar-refractivity contribution in [1.82, 2.24) is 14.5 Å². The van der Waals surface area contributed by atoms with Crippen molar-refractivity contribution in [2.75, 3.05) is 0 Å². The minimum Gasteiger partial charge on any atom is -0.348 e. The molecule has 8 heteroatoms. The number of aromatic nitrogens is 2. The second kappa shape index (κ2) is 9.49. The van der Waals surface area contributed by atoms with E-state index in [-0.39, 0.29) is 35.0 Å². The molecule has 1 amide bonds. The second-order valence-corrected chi connectivity index (χ2v) is 8.41. The maximum absolute atomic E-state index is 13.5. The van der Waals surface area contributed by atoms with Gasteiger partial charge in [-0.15, -0.1) is 0 Å². The van der Waals surface area contributed by atoms with Gasteiger partial charge in [0, 0.05) is 10.6 Å². The number of ketones is 1. The molecule has 0 fully saturated rings. The summed E-state index contributed by atoms with van der Waals surface area (Å²) in [4.78, 5) is 51.5. The van der Waals surface area contributed by atoms with Crippen molar-refractivity contribution in [3.05, 3.63) is 110 Å². The number of benzene rings is 3. The molecule has 0 aliphatic heterocycles. The Morgan fingerprint density at radius 3 is 2.41 bits per heavy atom. The average Bonchev–Trinajstić information content (AvgIpc) is 2.82. The van der Waals surface area contributed by atoms with Gasteiger partial charge in [0.25, 0.3) is 5.56 Å². The molecule has 0 aliphatic rings. The van der Waals surface area contributed by atoms with Gasteiger partial charge in [0.15, 0.2) is 5.78 Å². The van der Waals surface area contributed by atoms with Gasteiger partial charge in [-0.3, -0.25) is 19.0 Å². The lowest BCUT2D eigenvalue weighted by Gasteiger charge is -2.17. The summed E-state index contributed by atoms with van der Waals surface area (Å²) in [5.74, 6) is -0.598. The van der Waals surface area contributed by atoms with Crippen molar-refractivity contribution in [1.29, 1.82) is 0 Å². The third kappa shape index (κ3) is 4.56. The van der Waals surface area contributed by atoms with Crippen molar-refractivity contribution in [3.8, 4) is 5.69 Å². The zero-order chi connectivity index (χ0) is 24.4. The van der Waals surface area contributed by atoms with Crippen molar-refractivity contribution < 1.29 is 9.59 Å². The summed E-state index contributed by atoms with van der Waals surface area (Å²) in [7, 11) is 0. The van der Waals surface area contributed by atoms with E-state index < -0.39 is 17.2 Å². The topological polar surface area (TPSA) is 90.2 Å². The summed E-state index contributed by atoms with van der Waals surface area (Å²) in [6.07, 6.45) is 0. The molecule has 34 heavy (non-hydrogen) atoms. The predicted octanol–water partition coefficient (Wildman–Crippen LogP) is 3.89. The standard InChI is InChI=1S/C26H22ClN3O4/c1-16(18-7-4-3-5-8-18)28-24(32)15-29-23-14-20(27)11-12-22(23)25(33)30(26(29)34)21-10-6-9-19(13-21)17(2)31/h3-14,16H,15H2,1-2H3,(H,28,32)/t16-/m0/s1. The first kappa shape index (κ1) is 23.2. The number of carbonyl (C=O) groups excluding carboxylic acids is 2. The van der Waals surface area contributed by atoms with Gasteiger partial charge in [-0.25, -0.2) is 9.36 Å². The smallest absolute Gasteiger partial charge is 0.336 e. The Morgan fingerprint density at radius 2 is 1.71 bits per heavy atom.